The van der Waals surface area contributed by atoms with Gasteiger partial charge in [-0.1, -0.05) is 18.7 Å². The largest absolute Gasteiger partial charge is 0.481 e. The van der Waals surface area contributed by atoms with Crippen molar-refractivity contribution in [2.75, 3.05) is 19.3 Å². The van der Waals surface area contributed by atoms with Gasteiger partial charge in [0.05, 0.1) is 11.7 Å². The third-order valence-corrected chi connectivity index (χ3v) is 3.76. The zero-order valence-electron chi connectivity index (χ0n) is 12.1. The molecule has 1 aromatic heterocycles. The molecule has 1 amide bonds. The van der Waals surface area contributed by atoms with E-state index in [0.29, 0.717) is 5.16 Å². The Morgan fingerprint density at radius 3 is 2.65 bits per heavy atom. The van der Waals surface area contributed by atoms with E-state index >= 15 is 0 Å². The maximum Gasteiger partial charge on any atom is 0.308 e. The highest BCUT2D eigenvalue weighted by Crippen LogP contribution is 2.19. The summed E-state index contributed by atoms with van der Waals surface area (Å²) >= 11 is 1.30. The molecule has 1 unspecified atom stereocenters. The molecule has 1 aromatic rings. The van der Waals surface area contributed by atoms with Gasteiger partial charge < -0.3 is 14.6 Å². The quantitative estimate of drug-likeness (QED) is 0.759. The Balaban J connectivity index is 2.50. The van der Waals surface area contributed by atoms with Gasteiger partial charge in [-0.25, -0.2) is 0 Å². The number of carbonyl (C=O) groups is 2. The smallest absolute Gasteiger partial charge is 0.308 e. The fourth-order valence-electron chi connectivity index (χ4n) is 1.52. The van der Waals surface area contributed by atoms with Gasteiger partial charge in [0, 0.05) is 19.6 Å². The summed E-state index contributed by atoms with van der Waals surface area (Å²) in [7, 11) is 1.61. The predicted octanol–water partition coefficient (Wildman–Crippen LogP) is 1.13. The molecule has 0 radical (unpaired) electrons. The molecule has 1 N–H and O–H groups in total. The fourth-order valence-corrected chi connectivity index (χ4v) is 2.50. The summed E-state index contributed by atoms with van der Waals surface area (Å²) in [5, 5.41) is 17.3. The van der Waals surface area contributed by atoms with Crippen molar-refractivity contribution in [3.63, 3.8) is 0 Å². The summed E-state index contributed by atoms with van der Waals surface area (Å²) in [6.07, 6.45) is 1.63. The van der Waals surface area contributed by atoms with Gasteiger partial charge in [-0.2, -0.15) is 0 Å². The lowest BCUT2D eigenvalue weighted by Crippen LogP contribution is -2.34. The second-order valence-corrected chi connectivity index (χ2v) is 5.86. The van der Waals surface area contributed by atoms with E-state index in [1.165, 1.54) is 16.7 Å². The molecule has 1 rings (SSSR count). The van der Waals surface area contributed by atoms with Crippen LogP contribution in [0.4, 0.5) is 0 Å². The van der Waals surface area contributed by atoms with Crippen molar-refractivity contribution in [1.29, 1.82) is 0 Å². The topological polar surface area (TPSA) is 88.3 Å². The predicted molar refractivity (Wildman–Crippen MR) is 75.6 cm³/mol. The van der Waals surface area contributed by atoms with Gasteiger partial charge in [0.15, 0.2) is 5.16 Å². The first kappa shape index (κ1) is 16.5. The van der Waals surface area contributed by atoms with Crippen LogP contribution in [0.2, 0.25) is 0 Å². The molecular weight excluding hydrogens is 280 g/mol. The number of hydrogen-bond acceptors (Lipinski definition) is 5. The van der Waals surface area contributed by atoms with Gasteiger partial charge in [0.1, 0.15) is 6.33 Å². The van der Waals surface area contributed by atoms with E-state index in [4.69, 9.17) is 5.11 Å². The number of nitrogens with zero attached hydrogens (tertiary/aromatic N) is 4. The van der Waals surface area contributed by atoms with Gasteiger partial charge in [-0.15, -0.1) is 10.2 Å². The molecule has 0 aliphatic heterocycles. The molecule has 1 atom stereocenters. The van der Waals surface area contributed by atoms with E-state index < -0.39 is 11.9 Å². The van der Waals surface area contributed by atoms with Crippen molar-refractivity contribution in [3.05, 3.63) is 6.33 Å². The number of carboxylic acid groups (broad SMARTS) is 1. The van der Waals surface area contributed by atoms with Crippen molar-refractivity contribution in [2.45, 2.75) is 32.0 Å². The molecule has 0 aliphatic rings. The van der Waals surface area contributed by atoms with Gasteiger partial charge in [-0.05, 0) is 13.8 Å². The fraction of sp³-hybridized carbons (Fsp3) is 0.667. The number of rotatable bonds is 7. The Hall–Kier alpha value is -1.57. The minimum Gasteiger partial charge on any atom is -0.481 e. The second kappa shape index (κ2) is 7.28. The molecule has 0 aliphatic carbocycles. The van der Waals surface area contributed by atoms with Crippen LogP contribution >= 0.6 is 11.8 Å². The van der Waals surface area contributed by atoms with Crippen molar-refractivity contribution < 1.29 is 14.7 Å². The standard InChI is InChI=1S/C12H20N4O3S/c1-8(2)16-7-13-14-12(16)20-6-10(17)15(4)5-9(3)11(18)19/h7-9H,5-6H2,1-4H3,(H,18,19). The number of aromatic nitrogens is 3. The van der Waals surface area contributed by atoms with E-state index in [9.17, 15) is 9.59 Å². The molecule has 0 spiro atoms. The molecule has 0 saturated carbocycles. The van der Waals surface area contributed by atoms with E-state index in [1.54, 1.807) is 20.3 Å². The highest BCUT2D eigenvalue weighted by Gasteiger charge is 2.18. The van der Waals surface area contributed by atoms with Crippen LogP contribution < -0.4 is 0 Å². The first-order valence-electron chi connectivity index (χ1n) is 6.32. The first-order chi connectivity index (χ1) is 9.32. The lowest BCUT2D eigenvalue weighted by Gasteiger charge is -2.19. The molecular formula is C12H20N4O3S. The Kier molecular flexibility index (Phi) is 6.00. The minimum absolute atomic E-state index is 0.124. The van der Waals surface area contributed by atoms with Gasteiger partial charge in [0.25, 0.3) is 0 Å². The third-order valence-electron chi connectivity index (χ3n) is 2.82. The molecule has 0 aromatic carbocycles. The van der Waals surface area contributed by atoms with Crippen LogP contribution in [0.3, 0.4) is 0 Å². The normalized spacial score (nSPS) is 12.4. The first-order valence-corrected chi connectivity index (χ1v) is 7.30. The van der Waals surface area contributed by atoms with Crippen LogP contribution in [-0.4, -0.2) is 56.0 Å². The zero-order chi connectivity index (χ0) is 15.3. The lowest BCUT2D eigenvalue weighted by atomic mass is 10.2. The zero-order valence-corrected chi connectivity index (χ0v) is 12.9. The number of amides is 1. The summed E-state index contributed by atoms with van der Waals surface area (Å²) < 4.78 is 1.89. The number of aliphatic carboxylic acids is 1. The number of carboxylic acids is 1. The summed E-state index contributed by atoms with van der Waals surface area (Å²) in [6.45, 7) is 5.80. The highest BCUT2D eigenvalue weighted by atomic mass is 32.2. The van der Waals surface area contributed by atoms with Crippen LogP contribution in [-0.2, 0) is 9.59 Å². The van der Waals surface area contributed by atoms with Crippen LogP contribution in [0.5, 0.6) is 0 Å². The van der Waals surface area contributed by atoms with Crippen molar-refractivity contribution >= 4 is 23.6 Å². The van der Waals surface area contributed by atoms with Gasteiger partial charge >= 0.3 is 5.97 Å². The summed E-state index contributed by atoms with van der Waals surface area (Å²) in [4.78, 5) is 24.1. The van der Waals surface area contributed by atoms with E-state index in [1.807, 2.05) is 18.4 Å². The molecule has 0 saturated heterocycles. The molecule has 1 heterocycles. The van der Waals surface area contributed by atoms with Crippen molar-refractivity contribution in [1.82, 2.24) is 19.7 Å². The lowest BCUT2D eigenvalue weighted by molar-refractivity contribution is -0.142. The molecule has 0 fully saturated rings. The summed E-state index contributed by atoms with van der Waals surface area (Å²) in [6, 6.07) is 0.229. The third kappa shape index (κ3) is 4.52. The Morgan fingerprint density at radius 1 is 1.45 bits per heavy atom. The van der Waals surface area contributed by atoms with Crippen LogP contribution in [0.25, 0.3) is 0 Å². The molecule has 7 nitrogen and oxygen atoms in total. The summed E-state index contributed by atoms with van der Waals surface area (Å²) in [5.41, 5.74) is 0. The summed E-state index contributed by atoms with van der Waals surface area (Å²) in [5.74, 6) is -1.39. The van der Waals surface area contributed by atoms with Crippen LogP contribution in [0.1, 0.15) is 26.8 Å². The second-order valence-electron chi connectivity index (χ2n) is 4.92. The Morgan fingerprint density at radius 2 is 2.10 bits per heavy atom. The van der Waals surface area contributed by atoms with E-state index in [-0.39, 0.29) is 24.2 Å². The van der Waals surface area contributed by atoms with E-state index in [2.05, 4.69) is 10.2 Å². The molecule has 20 heavy (non-hydrogen) atoms. The Bertz CT molecular complexity index is 475. The van der Waals surface area contributed by atoms with Gasteiger partial charge in [-0.3, -0.25) is 9.59 Å². The van der Waals surface area contributed by atoms with Gasteiger partial charge in [0.2, 0.25) is 5.91 Å². The van der Waals surface area contributed by atoms with Crippen LogP contribution in [0, 0.1) is 5.92 Å². The number of carbonyl (C=O) groups excluding carboxylic acids is 1. The van der Waals surface area contributed by atoms with E-state index in [0.717, 1.165) is 0 Å². The highest BCUT2D eigenvalue weighted by molar-refractivity contribution is 7.99. The maximum atomic E-state index is 11.9. The number of hydrogen-bond donors (Lipinski definition) is 1. The van der Waals surface area contributed by atoms with Crippen molar-refractivity contribution in [2.24, 2.45) is 5.92 Å². The van der Waals surface area contributed by atoms with Crippen LogP contribution in [0.15, 0.2) is 11.5 Å². The maximum absolute atomic E-state index is 11.9. The monoisotopic (exact) mass is 300 g/mol. The average molecular weight is 300 g/mol. The SMILES string of the molecule is CC(CN(C)C(=O)CSc1nncn1C(C)C)C(=O)O. The average Bonchev–Trinajstić information content (AvgIpc) is 2.83. The Labute approximate surface area is 122 Å². The molecule has 0 bridgehead atoms. The minimum atomic E-state index is -0.906. The molecule has 8 heteroatoms. The molecule has 112 valence electrons. The van der Waals surface area contributed by atoms with Crippen molar-refractivity contribution in [3.8, 4) is 0 Å². The number of thioether (sulfide) groups is 1.